The largest absolute Gasteiger partial charge is 0.431 e. The van der Waals surface area contributed by atoms with Gasteiger partial charge in [-0.2, -0.15) is 13.2 Å². The van der Waals surface area contributed by atoms with Crippen molar-refractivity contribution >= 4 is 23.6 Å². The fraction of sp³-hybridized carbons (Fsp3) is 0.222. The summed E-state index contributed by atoms with van der Waals surface area (Å²) in [6.45, 7) is -0.0657. The molecule has 7 nitrogen and oxygen atoms in total. The van der Waals surface area contributed by atoms with Gasteiger partial charge in [0.15, 0.2) is 0 Å². The highest BCUT2D eigenvalue weighted by atomic mass is 35.5. The molecule has 0 aliphatic carbocycles. The summed E-state index contributed by atoms with van der Waals surface area (Å²) in [5, 5.41) is 0.425. The molecule has 2 aromatic heterocycles. The summed E-state index contributed by atoms with van der Waals surface area (Å²) >= 11 is 6.00. The second-order valence-corrected chi connectivity index (χ2v) is 9.27. The van der Waals surface area contributed by atoms with E-state index in [1.807, 2.05) is 0 Å². The van der Waals surface area contributed by atoms with Crippen LogP contribution in [-0.2, 0) is 19.3 Å². The second kappa shape index (κ2) is 11.1. The van der Waals surface area contributed by atoms with E-state index in [0.29, 0.717) is 27.7 Å². The van der Waals surface area contributed by atoms with Gasteiger partial charge >= 0.3 is 12.3 Å². The quantitative estimate of drug-likeness (QED) is 0.271. The van der Waals surface area contributed by atoms with Gasteiger partial charge in [-0.15, -0.1) is 0 Å². The highest BCUT2D eigenvalue weighted by Gasteiger charge is 2.38. The molecule has 0 atom stereocenters. The monoisotopic (exact) mass is 543 g/mol. The SMILES string of the molecule is CN(Cc1cnc(N(C)C)nc1)C(=O)Oc1c(-c2ccc(Cl)cc2)cc(C(F)(F)F)n1Cc1ccccc1. The standard InChI is InChI=1S/C27H25ClF3N5O2/c1-34(2)25-32-14-19(15-33-25)16-35(3)26(37)38-24-22(20-9-11-21(28)12-10-20)13-23(27(29,30)31)36(24)17-18-7-5-4-6-8-18/h4-15H,16-17H2,1-3H3. The molecule has 4 aromatic rings. The van der Waals surface area contributed by atoms with Crippen LogP contribution >= 0.6 is 11.6 Å². The molecular formula is C27H25ClF3N5O2. The Morgan fingerprint density at radius 3 is 2.18 bits per heavy atom. The fourth-order valence-electron chi connectivity index (χ4n) is 3.79. The lowest BCUT2D eigenvalue weighted by atomic mass is 10.1. The maximum Gasteiger partial charge on any atom is 0.431 e. The Bertz CT molecular complexity index is 1390. The Kier molecular flexibility index (Phi) is 7.91. The third-order valence-electron chi connectivity index (χ3n) is 5.68. The van der Waals surface area contributed by atoms with E-state index in [1.165, 1.54) is 11.9 Å². The van der Waals surface area contributed by atoms with Crippen molar-refractivity contribution in [1.29, 1.82) is 0 Å². The Labute approximate surface area is 223 Å². The molecule has 0 spiro atoms. The number of anilines is 1. The van der Waals surface area contributed by atoms with Crippen molar-refractivity contribution in [2.24, 2.45) is 0 Å². The molecule has 198 valence electrons. The zero-order chi connectivity index (χ0) is 27.4. The normalized spacial score (nSPS) is 11.3. The van der Waals surface area contributed by atoms with Gasteiger partial charge in [-0.05, 0) is 29.3 Å². The highest BCUT2D eigenvalue weighted by Crippen LogP contribution is 2.41. The molecule has 0 radical (unpaired) electrons. The number of benzene rings is 2. The van der Waals surface area contributed by atoms with Crippen molar-refractivity contribution in [2.75, 3.05) is 26.0 Å². The molecule has 0 aliphatic heterocycles. The van der Waals surface area contributed by atoms with Crippen LogP contribution in [0.3, 0.4) is 0 Å². The molecule has 0 N–H and O–H groups in total. The number of carbonyl (C=O) groups is 1. The summed E-state index contributed by atoms with van der Waals surface area (Å²) in [5.74, 6) is 0.282. The van der Waals surface area contributed by atoms with E-state index in [4.69, 9.17) is 16.3 Å². The number of ether oxygens (including phenoxy) is 1. The van der Waals surface area contributed by atoms with Gasteiger partial charge in [-0.1, -0.05) is 54.1 Å². The summed E-state index contributed by atoms with van der Waals surface area (Å²) < 4.78 is 49.2. The summed E-state index contributed by atoms with van der Waals surface area (Å²) in [6, 6.07) is 15.9. The van der Waals surface area contributed by atoms with Gasteiger partial charge in [-0.25, -0.2) is 14.8 Å². The van der Waals surface area contributed by atoms with Crippen LogP contribution in [0.15, 0.2) is 73.1 Å². The van der Waals surface area contributed by atoms with Crippen molar-refractivity contribution in [1.82, 2.24) is 19.4 Å². The van der Waals surface area contributed by atoms with Crippen LogP contribution in [-0.4, -0.2) is 46.7 Å². The van der Waals surface area contributed by atoms with Gasteiger partial charge in [0.1, 0.15) is 5.69 Å². The number of alkyl halides is 3. The Morgan fingerprint density at radius 1 is 0.974 bits per heavy atom. The van der Waals surface area contributed by atoms with Crippen LogP contribution < -0.4 is 9.64 Å². The number of rotatable bonds is 7. The van der Waals surface area contributed by atoms with E-state index < -0.39 is 18.0 Å². The average Bonchev–Trinajstić information content (AvgIpc) is 3.23. The van der Waals surface area contributed by atoms with E-state index in [9.17, 15) is 18.0 Å². The number of halogens is 4. The predicted molar refractivity (Wildman–Crippen MR) is 139 cm³/mol. The van der Waals surface area contributed by atoms with Crippen LogP contribution in [0, 0.1) is 0 Å². The van der Waals surface area contributed by atoms with Gasteiger partial charge in [0.2, 0.25) is 11.8 Å². The molecule has 2 heterocycles. The minimum Gasteiger partial charge on any atom is -0.392 e. The third kappa shape index (κ3) is 6.25. The smallest absolute Gasteiger partial charge is 0.392 e. The molecule has 0 saturated heterocycles. The molecule has 11 heteroatoms. The second-order valence-electron chi connectivity index (χ2n) is 8.83. The molecule has 38 heavy (non-hydrogen) atoms. The molecule has 0 saturated carbocycles. The fourth-order valence-corrected chi connectivity index (χ4v) is 3.92. The first-order chi connectivity index (χ1) is 18.0. The Morgan fingerprint density at radius 2 is 1.61 bits per heavy atom. The number of aromatic nitrogens is 3. The summed E-state index contributed by atoms with van der Waals surface area (Å²) in [7, 11) is 5.09. The van der Waals surface area contributed by atoms with Gasteiger partial charge < -0.3 is 19.1 Å². The molecule has 0 bridgehead atoms. The van der Waals surface area contributed by atoms with Gasteiger partial charge in [0, 0.05) is 49.7 Å². The van der Waals surface area contributed by atoms with Gasteiger partial charge in [0.25, 0.3) is 0 Å². The maximum absolute atomic E-state index is 14.2. The van der Waals surface area contributed by atoms with E-state index in [-0.39, 0.29) is 24.5 Å². The zero-order valence-corrected chi connectivity index (χ0v) is 21.7. The van der Waals surface area contributed by atoms with Crippen molar-refractivity contribution in [3.63, 3.8) is 0 Å². The molecule has 4 rings (SSSR count). The highest BCUT2D eigenvalue weighted by molar-refractivity contribution is 6.30. The lowest BCUT2D eigenvalue weighted by Crippen LogP contribution is -2.30. The molecule has 0 fully saturated rings. The predicted octanol–water partition coefficient (Wildman–Crippen LogP) is 6.36. The Balaban J connectivity index is 1.71. The van der Waals surface area contributed by atoms with Crippen LogP contribution in [0.5, 0.6) is 5.88 Å². The third-order valence-corrected chi connectivity index (χ3v) is 5.94. The van der Waals surface area contributed by atoms with Crippen molar-refractivity contribution < 1.29 is 22.7 Å². The lowest BCUT2D eigenvalue weighted by molar-refractivity contribution is -0.143. The van der Waals surface area contributed by atoms with Crippen LogP contribution in [0.4, 0.5) is 23.9 Å². The van der Waals surface area contributed by atoms with Crippen molar-refractivity contribution in [2.45, 2.75) is 19.3 Å². The first-order valence-electron chi connectivity index (χ1n) is 11.5. The van der Waals surface area contributed by atoms with Gasteiger partial charge in [-0.3, -0.25) is 0 Å². The number of amides is 1. The van der Waals surface area contributed by atoms with Crippen LogP contribution in [0.2, 0.25) is 5.02 Å². The summed E-state index contributed by atoms with van der Waals surface area (Å²) in [4.78, 5) is 24.6. The zero-order valence-electron chi connectivity index (χ0n) is 20.9. The van der Waals surface area contributed by atoms with Crippen LogP contribution in [0.1, 0.15) is 16.8 Å². The summed E-state index contributed by atoms with van der Waals surface area (Å²) in [6.07, 6.45) is -2.38. The molecular weight excluding hydrogens is 519 g/mol. The number of hydrogen-bond donors (Lipinski definition) is 0. The van der Waals surface area contributed by atoms with E-state index in [2.05, 4.69) is 9.97 Å². The minimum absolute atomic E-state index is 0.0916. The first-order valence-corrected chi connectivity index (χ1v) is 11.9. The number of nitrogens with zero attached hydrogens (tertiary/aromatic N) is 5. The van der Waals surface area contributed by atoms with E-state index in [1.54, 1.807) is 86.0 Å². The maximum atomic E-state index is 14.2. The Hall–Kier alpha value is -4.05. The van der Waals surface area contributed by atoms with Crippen LogP contribution in [0.25, 0.3) is 11.1 Å². The lowest BCUT2D eigenvalue weighted by Gasteiger charge is -2.20. The topological polar surface area (TPSA) is 63.5 Å². The van der Waals surface area contributed by atoms with Crippen molar-refractivity contribution in [3.05, 3.63) is 94.9 Å². The summed E-state index contributed by atoms with van der Waals surface area (Å²) in [5.41, 5.74) is 0.836. The van der Waals surface area contributed by atoms with E-state index >= 15 is 0 Å². The molecule has 0 unspecified atom stereocenters. The number of hydrogen-bond acceptors (Lipinski definition) is 5. The minimum atomic E-state index is -4.70. The number of carbonyl (C=O) groups excluding carboxylic acids is 1. The molecule has 0 aliphatic rings. The average molecular weight is 544 g/mol. The van der Waals surface area contributed by atoms with Gasteiger partial charge in [0.05, 0.1) is 13.1 Å². The van der Waals surface area contributed by atoms with E-state index in [0.717, 1.165) is 10.6 Å². The first kappa shape index (κ1) is 27.0. The molecule has 1 amide bonds. The van der Waals surface area contributed by atoms with Crippen molar-refractivity contribution in [3.8, 4) is 17.0 Å². The molecule has 2 aromatic carbocycles.